The Hall–Kier alpha value is -4.19. The third kappa shape index (κ3) is 5.36. The van der Waals surface area contributed by atoms with Gasteiger partial charge in [0, 0.05) is 17.7 Å². The van der Waals surface area contributed by atoms with Gasteiger partial charge >= 0.3 is 0 Å². The summed E-state index contributed by atoms with van der Waals surface area (Å²) in [6.07, 6.45) is 1.65. The molecule has 0 radical (unpaired) electrons. The Kier molecular flexibility index (Phi) is 6.64. The molecule has 4 aromatic rings. The van der Waals surface area contributed by atoms with E-state index in [0.717, 1.165) is 16.7 Å². The third-order valence-electron chi connectivity index (χ3n) is 5.29. The molecule has 0 spiro atoms. The monoisotopic (exact) mass is 439 g/mol. The number of hydrogen-bond acceptors (Lipinski definition) is 4. The highest BCUT2D eigenvalue weighted by atomic mass is 16.4. The molecule has 0 saturated carbocycles. The Labute approximate surface area is 192 Å². The zero-order chi connectivity index (χ0) is 23.2. The Bertz CT molecular complexity index is 1250. The average molecular weight is 440 g/mol. The maximum absolute atomic E-state index is 13.0. The van der Waals surface area contributed by atoms with E-state index in [4.69, 9.17) is 4.42 Å². The number of carbonyl (C=O) groups is 2. The smallest absolute Gasteiger partial charge is 0.252 e. The average Bonchev–Trinajstić information content (AvgIpc) is 3.33. The van der Waals surface area contributed by atoms with Gasteiger partial charge in [0.1, 0.15) is 6.04 Å². The Morgan fingerprint density at radius 1 is 0.939 bits per heavy atom. The maximum atomic E-state index is 13.0. The molecule has 0 saturated heterocycles. The maximum Gasteiger partial charge on any atom is 0.252 e. The van der Waals surface area contributed by atoms with Crippen LogP contribution in [0.15, 0.2) is 89.5 Å². The molecular formula is C27H25N3O3. The molecule has 3 aromatic carbocycles. The van der Waals surface area contributed by atoms with Crippen LogP contribution in [0.5, 0.6) is 0 Å². The van der Waals surface area contributed by atoms with Crippen molar-refractivity contribution in [3.05, 3.63) is 102 Å². The topological polar surface area (TPSA) is 84.2 Å². The Balaban J connectivity index is 1.46. The second-order valence-corrected chi connectivity index (χ2v) is 7.84. The van der Waals surface area contributed by atoms with Crippen LogP contribution in [-0.2, 0) is 11.3 Å². The zero-order valence-electron chi connectivity index (χ0n) is 18.5. The number of nitrogens with zero attached hydrogens (tertiary/aromatic N) is 1. The summed E-state index contributed by atoms with van der Waals surface area (Å²) in [6.45, 7) is 4.07. The van der Waals surface area contributed by atoms with E-state index >= 15 is 0 Å². The fourth-order valence-electron chi connectivity index (χ4n) is 3.40. The lowest BCUT2D eigenvalue weighted by Crippen LogP contribution is -2.44. The molecule has 4 rings (SSSR count). The second kappa shape index (κ2) is 9.96. The molecule has 1 aromatic heterocycles. The molecule has 6 heteroatoms. The van der Waals surface area contributed by atoms with Crippen LogP contribution in [-0.4, -0.2) is 22.8 Å². The van der Waals surface area contributed by atoms with E-state index in [1.54, 1.807) is 31.3 Å². The van der Waals surface area contributed by atoms with Gasteiger partial charge in [0.15, 0.2) is 5.76 Å². The SMILES string of the molecule is Cc1ccc(-c2cnc(-c3ccccc3C(=O)NC(C)C(=O)NCc3ccccc3)o2)cc1. The molecule has 0 fully saturated rings. The van der Waals surface area contributed by atoms with Crippen LogP contribution >= 0.6 is 0 Å². The van der Waals surface area contributed by atoms with Crippen molar-refractivity contribution < 1.29 is 14.0 Å². The lowest BCUT2D eigenvalue weighted by molar-refractivity contribution is -0.122. The number of nitrogens with one attached hydrogen (secondary N) is 2. The van der Waals surface area contributed by atoms with Gasteiger partial charge in [-0.15, -0.1) is 0 Å². The van der Waals surface area contributed by atoms with E-state index in [-0.39, 0.29) is 11.8 Å². The highest BCUT2D eigenvalue weighted by Gasteiger charge is 2.21. The van der Waals surface area contributed by atoms with Gasteiger partial charge in [-0.25, -0.2) is 4.98 Å². The predicted octanol–water partition coefficient (Wildman–Crippen LogP) is 4.75. The van der Waals surface area contributed by atoms with Gasteiger partial charge in [0.2, 0.25) is 11.8 Å². The molecule has 0 aliphatic rings. The van der Waals surface area contributed by atoms with Gasteiger partial charge in [0.25, 0.3) is 5.91 Å². The fraction of sp³-hybridized carbons (Fsp3) is 0.148. The van der Waals surface area contributed by atoms with Crippen molar-refractivity contribution in [1.82, 2.24) is 15.6 Å². The van der Waals surface area contributed by atoms with Crippen LogP contribution in [0.4, 0.5) is 0 Å². The molecule has 1 heterocycles. The van der Waals surface area contributed by atoms with Crippen LogP contribution in [0.1, 0.15) is 28.4 Å². The van der Waals surface area contributed by atoms with E-state index in [1.165, 1.54) is 0 Å². The zero-order valence-corrected chi connectivity index (χ0v) is 18.5. The molecule has 2 amide bonds. The lowest BCUT2D eigenvalue weighted by atomic mass is 10.1. The minimum atomic E-state index is -0.707. The molecule has 1 unspecified atom stereocenters. The Morgan fingerprint density at radius 3 is 2.39 bits per heavy atom. The van der Waals surface area contributed by atoms with E-state index in [1.807, 2.05) is 67.6 Å². The first-order valence-corrected chi connectivity index (χ1v) is 10.8. The van der Waals surface area contributed by atoms with Crippen LogP contribution in [0.2, 0.25) is 0 Å². The molecule has 0 aliphatic heterocycles. The van der Waals surface area contributed by atoms with Crippen molar-refractivity contribution in [2.75, 3.05) is 0 Å². The highest BCUT2D eigenvalue weighted by Crippen LogP contribution is 2.28. The first kappa shape index (κ1) is 22.0. The normalized spacial score (nSPS) is 11.6. The summed E-state index contributed by atoms with van der Waals surface area (Å²) < 4.78 is 5.96. The summed E-state index contributed by atoms with van der Waals surface area (Å²) in [5, 5.41) is 5.61. The van der Waals surface area contributed by atoms with Crippen molar-refractivity contribution in [1.29, 1.82) is 0 Å². The van der Waals surface area contributed by atoms with Gasteiger partial charge in [-0.1, -0.05) is 72.3 Å². The van der Waals surface area contributed by atoms with E-state index in [0.29, 0.717) is 29.3 Å². The standard InChI is InChI=1S/C27H25N3O3/c1-18-12-14-21(15-13-18)24-17-29-27(33-24)23-11-7-6-10-22(23)26(32)30-19(2)25(31)28-16-20-8-4-3-5-9-20/h3-15,17,19H,16H2,1-2H3,(H,28,31)(H,30,32). The quantitative estimate of drug-likeness (QED) is 0.435. The van der Waals surface area contributed by atoms with Crippen molar-refractivity contribution in [2.45, 2.75) is 26.4 Å². The van der Waals surface area contributed by atoms with Crippen LogP contribution in [0.25, 0.3) is 22.8 Å². The molecular weight excluding hydrogens is 414 g/mol. The number of aryl methyl sites for hydroxylation is 1. The van der Waals surface area contributed by atoms with E-state index in [9.17, 15) is 9.59 Å². The van der Waals surface area contributed by atoms with Crippen molar-refractivity contribution in [3.63, 3.8) is 0 Å². The number of amides is 2. The molecule has 166 valence electrons. The van der Waals surface area contributed by atoms with E-state index in [2.05, 4.69) is 15.6 Å². The van der Waals surface area contributed by atoms with Gasteiger partial charge < -0.3 is 15.1 Å². The third-order valence-corrected chi connectivity index (χ3v) is 5.29. The summed E-state index contributed by atoms with van der Waals surface area (Å²) in [5.41, 5.74) is 4.00. The lowest BCUT2D eigenvalue weighted by Gasteiger charge is -2.15. The van der Waals surface area contributed by atoms with E-state index < -0.39 is 6.04 Å². The number of carbonyl (C=O) groups excluding carboxylic acids is 2. The molecule has 33 heavy (non-hydrogen) atoms. The summed E-state index contributed by atoms with van der Waals surface area (Å²) in [6, 6.07) is 23.9. The van der Waals surface area contributed by atoms with Crippen molar-refractivity contribution in [2.24, 2.45) is 0 Å². The minimum Gasteiger partial charge on any atom is -0.436 e. The molecule has 0 bridgehead atoms. The number of hydrogen-bond donors (Lipinski definition) is 2. The fourth-order valence-corrected chi connectivity index (χ4v) is 3.40. The van der Waals surface area contributed by atoms with Gasteiger partial charge in [-0.05, 0) is 31.5 Å². The van der Waals surface area contributed by atoms with Gasteiger partial charge in [-0.2, -0.15) is 0 Å². The first-order valence-electron chi connectivity index (χ1n) is 10.8. The van der Waals surface area contributed by atoms with Gasteiger partial charge in [0.05, 0.1) is 11.8 Å². The van der Waals surface area contributed by atoms with Crippen LogP contribution in [0.3, 0.4) is 0 Å². The van der Waals surface area contributed by atoms with Crippen molar-refractivity contribution in [3.8, 4) is 22.8 Å². The second-order valence-electron chi connectivity index (χ2n) is 7.84. The first-order chi connectivity index (χ1) is 16.0. The summed E-state index contributed by atoms with van der Waals surface area (Å²) >= 11 is 0. The summed E-state index contributed by atoms with van der Waals surface area (Å²) in [4.78, 5) is 29.8. The molecule has 6 nitrogen and oxygen atoms in total. The largest absolute Gasteiger partial charge is 0.436 e. The minimum absolute atomic E-state index is 0.262. The molecule has 0 aliphatic carbocycles. The number of aromatic nitrogens is 1. The number of oxazole rings is 1. The summed E-state index contributed by atoms with van der Waals surface area (Å²) in [5.74, 6) is 0.330. The Morgan fingerprint density at radius 2 is 1.64 bits per heavy atom. The molecule has 2 N–H and O–H groups in total. The molecule has 1 atom stereocenters. The van der Waals surface area contributed by atoms with Crippen molar-refractivity contribution >= 4 is 11.8 Å². The van der Waals surface area contributed by atoms with Gasteiger partial charge in [-0.3, -0.25) is 9.59 Å². The number of rotatable bonds is 7. The number of benzene rings is 3. The highest BCUT2D eigenvalue weighted by molar-refractivity contribution is 6.02. The van der Waals surface area contributed by atoms with Crippen LogP contribution in [0, 0.1) is 6.92 Å². The van der Waals surface area contributed by atoms with Crippen LogP contribution < -0.4 is 10.6 Å². The predicted molar refractivity (Wildman–Crippen MR) is 127 cm³/mol. The summed E-state index contributed by atoms with van der Waals surface area (Å²) in [7, 11) is 0.